The second kappa shape index (κ2) is 5.99. The van der Waals surface area contributed by atoms with E-state index in [0.29, 0.717) is 25.6 Å². The van der Waals surface area contributed by atoms with Crippen molar-refractivity contribution in [2.45, 2.75) is 24.6 Å². The third kappa shape index (κ3) is 3.60. The van der Waals surface area contributed by atoms with Crippen LogP contribution in [0.25, 0.3) is 0 Å². The second-order valence-corrected chi connectivity index (χ2v) is 8.32. The first-order valence-corrected chi connectivity index (χ1v) is 8.70. The highest BCUT2D eigenvalue weighted by Gasteiger charge is 2.38. The van der Waals surface area contributed by atoms with Gasteiger partial charge < -0.3 is 15.0 Å². The smallest absolute Gasteiger partial charge is 0.247 e. The first kappa shape index (κ1) is 16.3. The van der Waals surface area contributed by atoms with Gasteiger partial charge in [-0.25, -0.2) is 8.42 Å². The van der Waals surface area contributed by atoms with Gasteiger partial charge in [0.15, 0.2) is 15.7 Å². The average molecular weight is 318 g/mol. The molecule has 120 valence electrons. The third-order valence-electron chi connectivity index (χ3n) is 3.77. The Bertz CT molecular complexity index is 578. The van der Waals surface area contributed by atoms with Crippen molar-refractivity contribution in [3.05, 3.63) is 11.7 Å². The van der Waals surface area contributed by atoms with Crippen LogP contribution in [-0.2, 0) is 19.3 Å². The van der Waals surface area contributed by atoms with Gasteiger partial charge in [0.2, 0.25) is 5.89 Å². The summed E-state index contributed by atoms with van der Waals surface area (Å²) in [5.74, 6) is 0.394. The monoisotopic (exact) mass is 318 g/mol. The summed E-state index contributed by atoms with van der Waals surface area (Å²) >= 11 is 0. The number of sulfone groups is 1. The molecule has 0 radical (unpaired) electrons. The fourth-order valence-electron chi connectivity index (χ4n) is 1.93. The van der Waals surface area contributed by atoms with Crippen LogP contribution in [0.15, 0.2) is 4.52 Å². The third-order valence-corrected chi connectivity index (χ3v) is 5.80. The number of hydrogen-bond acceptors (Lipinski definition) is 8. The zero-order valence-electron chi connectivity index (χ0n) is 12.6. The van der Waals surface area contributed by atoms with Crippen molar-refractivity contribution in [3.63, 3.8) is 0 Å². The molecule has 0 amide bonds. The number of aromatic nitrogens is 2. The van der Waals surface area contributed by atoms with Crippen LogP contribution in [0, 0.1) is 0 Å². The van der Waals surface area contributed by atoms with E-state index in [2.05, 4.69) is 15.0 Å². The molecule has 0 aromatic carbocycles. The van der Waals surface area contributed by atoms with Gasteiger partial charge in [-0.05, 0) is 13.8 Å². The van der Waals surface area contributed by atoms with E-state index in [0.717, 1.165) is 19.3 Å². The molecule has 8 nitrogen and oxygen atoms in total. The van der Waals surface area contributed by atoms with E-state index in [1.807, 2.05) is 0 Å². The van der Waals surface area contributed by atoms with Crippen molar-refractivity contribution in [2.75, 3.05) is 39.1 Å². The minimum absolute atomic E-state index is 0.0671. The summed E-state index contributed by atoms with van der Waals surface area (Å²) in [6.45, 7) is 6.65. The number of ether oxygens (including phenoxy) is 1. The second-order valence-electron chi connectivity index (χ2n) is 5.76. The van der Waals surface area contributed by atoms with E-state index in [-0.39, 0.29) is 5.89 Å². The Morgan fingerprint density at radius 3 is 2.57 bits per heavy atom. The van der Waals surface area contributed by atoms with Crippen molar-refractivity contribution in [2.24, 2.45) is 5.73 Å². The van der Waals surface area contributed by atoms with Crippen LogP contribution in [0.2, 0.25) is 0 Å². The number of hydrogen-bond donors (Lipinski definition) is 1. The molecule has 2 heterocycles. The molecule has 1 aromatic rings. The predicted molar refractivity (Wildman–Crippen MR) is 76.4 cm³/mol. The normalized spacial score (nSPS) is 19.6. The molecule has 9 heteroatoms. The predicted octanol–water partition coefficient (Wildman–Crippen LogP) is -0.319. The molecule has 1 aliphatic heterocycles. The van der Waals surface area contributed by atoms with Gasteiger partial charge in [-0.15, -0.1) is 0 Å². The molecule has 0 spiro atoms. The van der Waals surface area contributed by atoms with E-state index < -0.39 is 20.6 Å². The average Bonchev–Trinajstić information content (AvgIpc) is 2.88. The van der Waals surface area contributed by atoms with E-state index in [1.165, 1.54) is 13.8 Å². The lowest BCUT2D eigenvalue weighted by atomic mass is 10.2. The molecule has 0 aliphatic carbocycles. The van der Waals surface area contributed by atoms with Gasteiger partial charge in [0, 0.05) is 25.9 Å². The van der Waals surface area contributed by atoms with E-state index in [4.69, 9.17) is 15.0 Å². The lowest BCUT2D eigenvalue weighted by Crippen LogP contribution is -2.40. The Labute approximate surface area is 124 Å². The molecular weight excluding hydrogens is 296 g/mol. The first-order valence-electron chi connectivity index (χ1n) is 6.81. The van der Waals surface area contributed by atoms with Crippen LogP contribution < -0.4 is 5.73 Å². The van der Waals surface area contributed by atoms with Crippen molar-refractivity contribution < 1.29 is 17.7 Å². The van der Waals surface area contributed by atoms with Gasteiger partial charge in [-0.3, -0.25) is 4.90 Å². The van der Waals surface area contributed by atoms with E-state index in [9.17, 15) is 8.42 Å². The topological polar surface area (TPSA) is 112 Å². The van der Waals surface area contributed by atoms with Crippen molar-refractivity contribution >= 4 is 9.84 Å². The summed E-state index contributed by atoms with van der Waals surface area (Å²) in [6, 6.07) is -0.420. The maximum atomic E-state index is 11.8. The maximum absolute atomic E-state index is 11.8. The number of rotatable bonds is 5. The lowest BCUT2D eigenvalue weighted by molar-refractivity contribution is 0.0348. The maximum Gasteiger partial charge on any atom is 0.247 e. The molecule has 1 aliphatic rings. The molecule has 0 saturated carbocycles. The zero-order valence-corrected chi connectivity index (χ0v) is 13.4. The van der Waals surface area contributed by atoms with Crippen LogP contribution in [-0.4, -0.2) is 62.6 Å². The van der Waals surface area contributed by atoms with Gasteiger partial charge in [0.05, 0.1) is 19.3 Å². The Kier molecular flexibility index (Phi) is 4.66. The molecule has 1 aromatic heterocycles. The summed E-state index contributed by atoms with van der Waals surface area (Å²) in [5.41, 5.74) is 6.07. The molecule has 1 fully saturated rings. The van der Waals surface area contributed by atoms with Gasteiger partial charge in [0.1, 0.15) is 4.75 Å². The van der Waals surface area contributed by atoms with Crippen molar-refractivity contribution in [3.8, 4) is 0 Å². The van der Waals surface area contributed by atoms with Crippen LogP contribution in [0.5, 0.6) is 0 Å². The summed E-state index contributed by atoms with van der Waals surface area (Å²) in [7, 11) is -3.36. The van der Waals surface area contributed by atoms with Crippen LogP contribution >= 0.6 is 0 Å². The summed E-state index contributed by atoms with van der Waals surface area (Å²) in [6.07, 6.45) is 1.14. The fourth-order valence-corrected chi connectivity index (χ4v) is 2.33. The molecule has 21 heavy (non-hydrogen) atoms. The highest BCUT2D eigenvalue weighted by molar-refractivity contribution is 7.91. The molecule has 1 atom stereocenters. The molecule has 2 N–H and O–H groups in total. The van der Waals surface area contributed by atoms with Crippen molar-refractivity contribution in [1.29, 1.82) is 0 Å². The first-order chi connectivity index (χ1) is 9.72. The Morgan fingerprint density at radius 1 is 1.38 bits per heavy atom. The molecule has 1 unspecified atom stereocenters. The van der Waals surface area contributed by atoms with E-state index >= 15 is 0 Å². The molecule has 0 bridgehead atoms. The van der Waals surface area contributed by atoms with Gasteiger partial charge >= 0.3 is 0 Å². The Morgan fingerprint density at radius 2 is 2.00 bits per heavy atom. The number of nitrogens with zero attached hydrogens (tertiary/aromatic N) is 3. The quantitative estimate of drug-likeness (QED) is 0.786. The fraction of sp³-hybridized carbons (Fsp3) is 0.833. The van der Waals surface area contributed by atoms with Crippen LogP contribution in [0.1, 0.15) is 31.6 Å². The van der Waals surface area contributed by atoms with Crippen molar-refractivity contribution in [1.82, 2.24) is 15.0 Å². The largest absolute Gasteiger partial charge is 0.379 e. The van der Waals surface area contributed by atoms with Crippen LogP contribution in [0.4, 0.5) is 0 Å². The van der Waals surface area contributed by atoms with Crippen LogP contribution in [0.3, 0.4) is 0 Å². The highest BCUT2D eigenvalue weighted by Crippen LogP contribution is 2.28. The molecule has 2 rings (SSSR count). The van der Waals surface area contributed by atoms with Gasteiger partial charge in [-0.1, -0.05) is 5.16 Å². The lowest BCUT2D eigenvalue weighted by Gasteiger charge is -2.27. The Hall–Kier alpha value is -1.03. The number of morpholine rings is 1. The summed E-state index contributed by atoms with van der Waals surface area (Å²) in [4.78, 5) is 6.33. The minimum atomic E-state index is -3.36. The van der Waals surface area contributed by atoms with Gasteiger partial charge in [0.25, 0.3) is 0 Å². The molecular formula is C12H22N4O4S. The summed E-state index contributed by atoms with van der Waals surface area (Å²) < 4.78 is 32.7. The number of nitrogens with two attached hydrogens (primary N) is 1. The van der Waals surface area contributed by atoms with E-state index in [1.54, 1.807) is 0 Å². The minimum Gasteiger partial charge on any atom is -0.379 e. The zero-order chi connectivity index (χ0) is 15.7. The summed E-state index contributed by atoms with van der Waals surface area (Å²) in [5, 5.41) is 3.83. The Balaban J connectivity index is 2.08. The highest BCUT2D eigenvalue weighted by atomic mass is 32.2. The standard InChI is InChI=1S/C12H22N4O4S/c1-12(2,21(3,17)18)11-14-10(15-20-11)9(13)8-16-4-6-19-7-5-16/h9H,4-8,13H2,1-3H3. The van der Waals surface area contributed by atoms with Gasteiger partial charge in [-0.2, -0.15) is 4.98 Å². The SMILES string of the molecule is CC(C)(c1nc(C(N)CN2CCOCC2)no1)S(C)(=O)=O. The molecule has 1 saturated heterocycles.